The first-order valence-corrected chi connectivity index (χ1v) is 5.64. The molecule has 0 aromatic carbocycles. The Kier molecular flexibility index (Phi) is 2.54. The van der Waals surface area contributed by atoms with E-state index in [0.717, 1.165) is 12.8 Å². The van der Waals surface area contributed by atoms with E-state index in [1.807, 2.05) is 13.8 Å². The van der Waals surface area contributed by atoms with E-state index >= 15 is 0 Å². The third-order valence-electron chi connectivity index (χ3n) is 1.96. The molecule has 0 aromatic heterocycles. The molecule has 0 unspecified atom stereocenters. The zero-order chi connectivity index (χ0) is 8.48. The highest BCUT2D eigenvalue weighted by molar-refractivity contribution is 7.89. The maximum atomic E-state index is 11.3. The van der Waals surface area contributed by atoms with E-state index in [2.05, 4.69) is 0 Å². The molecule has 1 aliphatic heterocycles. The lowest BCUT2D eigenvalue weighted by Gasteiger charge is -2.29. The van der Waals surface area contributed by atoms with E-state index in [9.17, 15) is 8.42 Å². The van der Waals surface area contributed by atoms with Crippen molar-refractivity contribution >= 4 is 10.0 Å². The average Bonchev–Trinajstić information content (AvgIpc) is 1.85. The number of hydrogen-bond acceptors (Lipinski definition) is 2. The maximum absolute atomic E-state index is 11.3. The van der Waals surface area contributed by atoms with Crippen molar-refractivity contribution < 1.29 is 8.42 Å². The van der Waals surface area contributed by atoms with Gasteiger partial charge in [0.05, 0.1) is 5.75 Å². The Hall–Kier alpha value is -0.0900. The first-order valence-electron chi connectivity index (χ1n) is 4.03. The van der Waals surface area contributed by atoms with Crippen LogP contribution in [0.2, 0.25) is 0 Å². The highest BCUT2D eigenvalue weighted by Gasteiger charge is 2.27. The highest BCUT2D eigenvalue weighted by Crippen LogP contribution is 2.15. The first kappa shape index (κ1) is 9.00. The summed E-state index contributed by atoms with van der Waals surface area (Å²) in [4.78, 5) is 0. The quantitative estimate of drug-likeness (QED) is 0.594. The Morgan fingerprint density at radius 3 is 2.27 bits per heavy atom. The summed E-state index contributed by atoms with van der Waals surface area (Å²) in [7, 11) is -2.89. The van der Waals surface area contributed by atoms with Gasteiger partial charge in [0, 0.05) is 12.6 Å². The van der Waals surface area contributed by atoms with Gasteiger partial charge in [0.25, 0.3) is 0 Å². The molecule has 0 radical (unpaired) electrons. The third kappa shape index (κ3) is 1.93. The molecule has 0 bridgehead atoms. The van der Waals surface area contributed by atoms with Crippen molar-refractivity contribution in [3.05, 3.63) is 0 Å². The van der Waals surface area contributed by atoms with Gasteiger partial charge in [0.2, 0.25) is 10.0 Å². The summed E-state index contributed by atoms with van der Waals surface area (Å²) >= 11 is 0. The van der Waals surface area contributed by atoms with Crippen LogP contribution in [0.5, 0.6) is 0 Å². The Morgan fingerprint density at radius 2 is 1.91 bits per heavy atom. The molecule has 1 aliphatic rings. The molecule has 1 heterocycles. The molecule has 0 aromatic rings. The Balaban J connectivity index is 2.76. The van der Waals surface area contributed by atoms with Crippen molar-refractivity contribution in [3.63, 3.8) is 0 Å². The van der Waals surface area contributed by atoms with Crippen molar-refractivity contribution in [1.82, 2.24) is 4.31 Å². The molecular formula is C7H15NO2S. The molecule has 1 rings (SSSR count). The van der Waals surface area contributed by atoms with Crippen LogP contribution in [0.3, 0.4) is 0 Å². The van der Waals surface area contributed by atoms with Crippen LogP contribution in [0, 0.1) is 0 Å². The van der Waals surface area contributed by atoms with E-state index in [0.29, 0.717) is 12.3 Å². The highest BCUT2D eigenvalue weighted by atomic mass is 32.2. The minimum atomic E-state index is -2.89. The maximum Gasteiger partial charge on any atom is 0.214 e. The molecule has 0 amide bonds. The summed E-state index contributed by atoms with van der Waals surface area (Å²) in [6, 6.07) is 0.125. The van der Waals surface area contributed by atoms with Gasteiger partial charge in [-0.15, -0.1) is 0 Å². The van der Waals surface area contributed by atoms with Crippen molar-refractivity contribution in [3.8, 4) is 0 Å². The zero-order valence-corrected chi connectivity index (χ0v) is 7.89. The predicted octanol–water partition coefficient (Wildman–Crippen LogP) is 0.820. The monoisotopic (exact) mass is 177 g/mol. The molecule has 3 nitrogen and oxygen atoms in total. The van der Waals surface area contributed by atoms with Gasteiger partial charge in [0.15, 0.2) is 0 Å². The van der Waals surface area contributed by atoms with Gasteiger partial charge >= 0.3 is 0 Å². The Morgan fingerprint density at radius 1 is 1.27 bits per heavy atom. The topological polar surface area (TPSA) is 37.4 Å². The lowest BCUT2D eigenvalue weighted by Crippen LogP contribution is -2.42. The van der Waals surface area contributed by atoms with Gasteiger partial charge in [-0.2, -0.15) is 4.31 Å². The normalized spacial score (nSPS) is 25.7. The minimum Gasteiger partial charge on any atom is -0.212 e. The van der Waals surface area contributed by atoms with Gasteiger partial charge in [-0.1, -0.05) is 0 Å². The molecule has 0 aliphatic carbocycles. The molecule has 0 atom stereocenters. The van der Waals surface area contributed by atoms with E-state index in [-0.39, 0.29) is 6.04 Å². The van der Waals surface area contributed by atoms with Crippen LogP contribution in [-0.4, -0.2) is 31.1 Å². The van der Waals surface area contributed by atoms with Crippen molar-refractivity contribution in [2.75, 3.05) is 12.3 Å². The van der Waals surface area contributed by atoms with E-state index in [4.69, 9.17) is 0 Å². The number of sulfonamides is 1. The van der Waals surface area contributed by atoms with E-state index in [1.165, 1.54) is 0 Å². The molecule has 66 valence electrons. The van der Waals surface area contributed by atoms with Crippen LogP contribution in [0.1, 0.15) is 26.7 Å². The van der Waals surface area contributed by atoms with Crippen LogP contribution in [0.25, 0.3) is 0 Å². The fourth-order valence-corrected chi connectivity index (χ4v) is 3.24. The van der Waals surface area contributed by atoms with Gasteiger partial charge in [-0.25, -0.2) is 8.42 Å². The summed E-state index contributed by atoms with van der Waals surface area (Å²) in [5.74, 6) is 0.338. The van der Waals surface area contributed by atoms with Crippen LogP contribution in [0.15, 0.2) is 0 Å². The number of nitrogens with zero attached hydrogens (tertiary/aromatic N) is 1. The summed E-state index contributed by atoms with van der Waals surface area (Å²) < 4.78 is 24.3. The lowest BCUT2D eigenvalue weighted by molar-refractivity contribution is 0.333. The van der Waals surface area contributed by atoms with Crippen molar-refractivity contribution in [2.24, 2.45) is 0 Å². The molecule has 1 fully saturated rings. The Labute approximate surface area is 68.4 Å². The average molecular weight is 177 g/mol. The number of hydrogen-bond donors (Lipinski definition) is 0. The van der Waals surface area contributed by atoms with Gasteiger partial charge in [0.1, 0.15) is 0 Å². The summed E-state index contributed by atoms with van der Waals surface area (Å²) in [5, 5.41) is 0. The summed E-state index contributed by atoms with van der Waals surface area (Å²) in [6.07, 6.45) is 1.84. The standard InChI is InChI=1S/C7H15NO2S/c1-7(2)8-5-3-4-6-11(8,9)10/h7H,3-6H2,1-2H3. The van der Waals surface area contributed by atoms with Crippen LogP contribution >= 0.6 is 0 Å². The Bertz CT molecular complexity index is 221. The SMILES string of the molecule is CC(C)N1CCCCS1(=O)=O. The molecule has 0 saturated carbocycles. The van der Waals surface area contributed by atoms with Gasteiger partial charge in [-0.3, -0.25) is 0 Å². The molecule has 0 N–H and O–H groups in total. The number of rotatable bonds is 1. The molecular weight excluding hydrogens is 162 g/mol. The second-order valence-corrected chi connectivity index (χ2v) is 5.27. The third-order valence-corrected chi connectivity index (χ3v) is 4.09. The largest absolute Gasteiger partial charge is 0.214 e. The van der Waals surface area contributed by atoms with Gasteiger partial charge in [-0.05, 0) is 26.7 Å². The van der Waals surface area contributed by atoms with Crippen molar-refractivity contribution in [2.45, 2.75) is 32.7 Å². The predicted molar refractivity (Wildman–Crippen MR) is 44.9 cm³/mol. The fraction of sp³-hybridized carbons (Fsp3) is 1.00. The first-order chi connectivity index (χ1) is 5.04. The second-order valence-electron chi connectivity index (χ2n) is 3.23. The fourth-order valence-electron chi connectivity index (χ4n) is 1.39. The van der Waals surface area contributed by atoms with Crippen LogP contribution in [-0.2, 0) is 10.0 Å². The molecule has 1 saturated heterocycles. The van der Waals surface area contributed by atoms with E-state index in [1.54, 1.807) is 4.31 Å². The molecule has 11 heavy (non-hydrogen) atoms. The zero-order valence-electron chi connectivity index (χ0n) is 7.08. The van der Waals surface area contributed by atoms with Crippen LogP contribution < -0.4 is 0 Å². The van der Waals surface area contributed by atoms with Gasteiger partial charge < -0.3 is 0 Å². The van der Waals surface area contributed by atoms with E-state index < -0.39 is 10.0 Å². The second kappa shape index (κ2) is 3.11. The lowest BCUT2D eigenvalue weighted by atomic mass is 10.3. The minimum absolute atomic E-state index is 0.125. The smallest absolute Gasteiger partial charge is 0.212 e. The molecule has 4 heteroatoms. The molecule has 0 spiro atoms. The van der Waals surface area contributed by atoms with Crippen molar-refractivity contribution in [1.29, 1.82) is 0 Å². The summed E-state index contributed by atoms with van der Waals surface area (Å²) in [6.45, 7) is 4.55. The van der Waals surface area contributed by atoms with Crippen LogP contribution in [0.4, 0.5) is 0 Å². The summed E-state index contributed by atoms with van der Waals surface area (Å²) in [5.41, 5.74) is 0.